The number of rotatable bonds is 11. The van der Waals surface area contributed by atoms with Gasteiger partial charge >= 0.3 is 6.18 Å². The van der Waals surface area contributed by atoms with Crippen LogP contribution in [0.3, 0.4) is 0 Å². The van der Waals surface area contributed by atoms with Crippen molar-refractivity contribution < 1.29 is 32.3 Å². The van der Waals surface area contributed by atoms with Crippen LogP contribution in [0.1, 0.15) is 32.3 Å². The summed E-state index contributed by atoms with van der Waals surface area (Å²) in [6.07, 6.45) is -3.10. The first-order valence-corrected chi connectivity index (χ1v) is 16.3. The fraction of sp³-hybridized carbons (Fsp3) is 0.0789. The number of halogens is 4. The lowest BCUT2D eigenvalue weighted by Gasteiger charge is -2.19. The first-order valence-electron chi connectivity index (χ1n) is 15.0. The summed E-state index contributed by atoms with van der Waals surface area (Å²) in [4.78, 5) is 40.8. The minimum absolute atomic E-state index is 0.0263. The van der Waals surface area contributed by atoms with Crippen molar-refractivity contribution in [2.45, 2.75) is 16.3 Å². The predicted molar refractivity (Wildman–Crippen MR) is 190 cm³/mol. The smallest absolute Gasteiger partial charge is 0.416 e. The van der Waals surface area contributed by atoms with Gasteiger partial charge < -0.3 is 20.7 Å². The second-order valence-corrected chi connectivity index (χ2v) is 12.3. The quantitative estimate of drug-likeness (QED) is 0.0936. The Bertz CT molecular complexity index is 2010. The molecule has 0 radical (unpaired) electrons. The molecule has 7 nitrogen and oxygen atoms in total. The van der Waals surface area contributed by atoms with Crippen molar-refractivity contribution >= 4 is 58.5 Å². The van der Waals surface area contributed by atoms with E-state index in [2.05, 4.69) is 16.0 Å². The highest BCUT2D eigenvalue weighted by molar-refractivity contribution is 8.00. The molecular weight excluding hydrogens is 687 g/mol. The monoisotopic (exact) mass is 715 g/mol. The number of benzene rings is 5. The summed E-state index contributed by atoms with van der Waals surface area (Å²) in [6, 6.07) is 33.5. The molecule has 0 aliphatic carbocycles. The second-order valence-electron chi connectivity index (χ2n) is 10.7. The molecule has 5 rings (SSSR count). The number of carbonyl (C=O) groups is 3. The Morgan fingerprint density at radius 2 is 1.48 bits per heavy atom. The Morgan fingerprint density at radius 3 is 2.14 bits per heavy atom. The van der Waals surface area contributed by atoms with Crippen LogP contribution in [0.15, 0.2) is 138 Å². The van der Waals surface area contributed by atoms with E-state index < -0.39 is 34.7 Å². The molecule has 1 atom stereocenters. The molecule has 0 spiro atoms. The molecule has 0 fully saturated rings. The van der Waals surface area contributed by atoms with Gasteiger partial charge in [0.15, 0.2) is 0 Å². The maximum Gasteiger partial charge on any atom is 0.416 e. The van der Waals surface area contributed by atoms with Gasteiger partial charge in [-0.2, -0.15) is 13.2 Å². The zero-order valence-corrected chi connectivity index (χ0v) is 27.9. The fourth-order valence-corrected chi connectivity index (χ4v) is 5.94. The molecular formula is C38H29ClF3N3O4S. The Kier molecular flexibility index (Phi) is 11.6. The first kappa shape index (κ1) is 35.8. The van der Waals surface area contributed by atoms with E-state index in [4.69, 9.17) is 16.3 Å². The summed E-state index contributed by atoms with van der Waals surface area (Å²) in [5.74, 6) is -1.08. The van der Waals surface area contributed by atoms with E-state index in [0.29, 0.717) is 33.0 Å². The van der Waals surface area contributed by atoms with E-state index in [1.807, 2.05) is 0 Å². The standard InChI is InChI=1S/C38H29ClF3N3O4S/c1-49-29-18-15-24(16-19-29)21-33(45-35(46)26-11-6-3-7-12-26)36(47)43-28-13-8-14-30(23-28)50-34(25-9-4-2-5-10-25)37(48)44-32-22-27(38(40,41)42)17-20-31(32)39/h2-23,34H,1H3,(H,43,47)(H,44,48)(H,45,46)/b33-21+. The summed E-state index contributed by atoms with van der Waals surface area (Å²) in [5, 5.41) is 7.09. The van der Waals surface area contributed by atoms with Crippen molar-refractivity contribution in [2.75, 3.05) is 17.7 Å². The number of methoxy groups -OCH3 is 1. The lowest BCUT2D eigenvalue weighted by molar-refractivity contribution is -0.137. The second kappa shape index (κ2) is 16.3. The SMILES string of the molecule is COc1ccc(/C=C(/NC(=O)c2ccccc2)C(=O)Nc2cccc(SC(C(=O)Nc3cc(C(F)(F)F)ccc3Cl)c3ccccc3)c2)cc1. The van der Waals surface area contributed by atoms with Gasteiger partial charge in [0.1, 0.15) is 16.7 Å². The van der Waals surface area contributed by atoms with Crippen molar-refractivity contribution in [1.29, 1.82) is 0 Å². The average molecular weight is 716 g/mol. The Hall–Kier alpha value is -5.52. The topological polar surface area (TPSA) is 96.5 Å². The van der Waals surface area contributed by atoms with Crippen molar-refractivity contribution in [3.05, 3.63) is 160 Å². The largest absolute Gasteiger partial charge is 0.497 e. The molecule has 3 amide bonds. The number of nitrogens with one attached hydrogen (secondary N) is 3. The molecule has 5 aromatic carbocycles. The minimum atomic E-state index is -4.63. The van der Waals surface area contributed by atoms with Gasteiger partial charge in [-0.25, -0.2) is 0 Å². The Labute approximate surface area is 295 Å². The summed E-state index contributed by atoms with van der Waals surface area (Å²) in [6.45, 7) is 0. The third kappa shape index (κ3) is 9.55. The van der Waals surface area contributed by atoms with Crippen molar-refractivity contribution in [3.8, 4) is 5.75 Å². The number of alkyl halides is 3. The molecule has 0 saturated carbocycles. The van der Waals surface area contributed by atoms with E-state index in [9.17, 15) is 27.6 Å². The molecule has 0 aliphatic rings. The van der Waals surface area contributed by atoms with Gasteiger partial charge in [0.25, 0.3) is 11.8 Å². The van der Waals surface area contributed by atoms with Gasteiger partial charge in [-0.15, -0.1) is 11.8 Å². The molecule has 0 saturated heterocycles. The first-order chi connectivity index (χ1) is 24.0. The molecule has 1 unspecified atom stereocenters. The van der Waals surface area contributed by atoms with Crippen molar-refractivity contribution in [1.82, 2.24) is 5.32 Å². The van der Waals surface area contributed by atoms with Crippen LogP contribution in [0, 0.1) is 0 Å². The highest BCUT2D eigenvalue weighted by Gasteiger charge is 2.32. The van der Waals surface area contributed by atoms with Crippen LogP contribution < -0.4 is 20.7 Å². The number of hydrogen-bond acceptors (Lipinski definition) is 5. The highest BCUT2D eigenvalue weighted by atomic mass is 35.5. The maximum atomic E-state index is 13.6. The van der Waals surface area contributed by atoms with Gasteiger partial charge in [0.05, 0.1) is 23.4 Å². The Balaban J connectivity index is 1.39. The van der Waals surface area contributed by atoms with Crippen LogP contribution in [0.2, 0.25) is 5.02 Å². The maximum absolute atomic E-state index is 13.6. The van der Waals surface area contributed by atoms with Crippen molar-refractivity contribution in [3.63, 3.8) is 0 Å². The third-order valence-corrected chi connectivity index (χ3v) is 8.77. The predicted octanol–water partition coefficient (Wildman–Crippen LogP) is 9.25. The van der Waals surface area contributed by atoms with Crippen LogP contribution in [0.5, 0.6) is 5.75 Å². The molecule has 0 bridgehead atoms. The van der Waals surface area contributed by atoms with Crippen LogP contribution in [-0.4, -0.2) is 24.8 Å². The third-order valence-electron chi connectivity index (χ3n) is 7.19. The summed E-state index contributed by atoms with van der Waals surface area (Å²) in [7, 11) is 1.54. The van der Waals surface area contributed by atoms with Crippen LogP contribution in [0.4, 0.5) is 24.5 Å². The number of anilines is 2. The zero-order chi connectivity index (χ0) is 35.7. The number of amides is 3. The van der Waals surface area contributed by atoms with Gasteiger partial charge in [-0.3, -0.25) is 14.4 Å². The van der Waals surface area contributed by atoms with E-state index >= 15 is 0 Å². The van der Waals surface area contributed by atoms with E-state index in [-0.39, 0.29) is 16.4 Å². The van der Waals surface area contributed by atoms with E-state index in [1.165, 1.54) is 13.2 Å². The average Bonchev–Trinajstić information content (AvgIpc) is 3.12. The van der Waals surface area contributed by atoms with Gasteiger partial charge in [-0.1, -0.05) is 78.3 Å². The minimum Gasteiger partial charge on any atom is -0.497 e. The van der Waals surface area contributed by atoms with Crippen LogP contribution in [-0.2, 0) is 15.8 Å². The van der Waals surface area contributed by atoms with Crippen LogP contribution in [0.25, 0.3) is 6.08 Å². The van der Waals surface area contributed by atoms with E-state index in [0.717, 1.165) is 30.0 Å². The Morgan fingerprint density at radius 1 is 0.800 bits per heavy atom. The summed E-state index contributed by atoms with van der Waals surface area (Å²) < 4.78 is 45.4. The zero-order valence-electron chi connectivity index (χ0n) is 26.3. The summed E-state index contributed by atoms with van der Waals surface area (Å²) in [5.41, 5.74) is 0.778. The normalized spacial score (nSPS) is 12.1. The summed E-state index contributed by atoms with van der Waals surface area (Å²) >= 11 is 7.29. The number of ether oxygens (including phenoxy) is 1. The van der Waals surface area contributed by atoms with Crippen LogP contribution >= 0.6 is 23.4 Å². The molecule has 3 N–H and O–H groups in total. The molecule has 50 heavy (non-hydrogen) atoms. The van der Waals surface area contributed by atoms with Gasteiger partial charge in [-0.05, 0) is 77.9 Å². The van der Waals surface area contributed by atoms with Gasteiger partial charge in [0.2, 0.25) is 5.91 Å². The number of carbonyl (C=O) groups excluding carboxylic acids is 3. The van der Waals surface area contributed by atoms with Crippen molar-refractivity contribution in [2.24, 2.45) is 0 Å². The molecule has 254 valence electrons. The lowest BCUT2D eigenvalue weighted by atomic mass is 10.1. The molecule has 0 heterocycles. The fourth-order valence-electron chi connectivity index (χ4n) is 4.69. The number of hydrogen-bond donors (Lipinski definition) is 3. The lowest BCUT2D eigenvalue weighted by Crippen LogP contribution is -2.30. The number of thioether (sulfide) groups is 1. The molecule has 5 aromatic rings. The molecule has 12 heteroatoms. The molecule has 0 aliphatic heterocycles. The molecule has 0 aromatic heterocycles. The van der Waals surface area contributed by atoms with Gasteiger partial charge in [0, 0.05) is 16.1 Å². The highest BCUT2D eigenvalue weighted by Crippen LogP contribution is 2.39. The van der Waals surface area contributed by atoms with E-state index in [1.54, 1.807) is 109 Å².